The number of hydrogen-bond acceptors (Lipinski definition) is 7. The zero-order valence-corrected chi connectivity index (χ0v) is 19.3. The Labute approximate surface area is 177 Å². The van der Waals surface area contributed by atoms with Gasteiger partial charge in [0.05, 0.1) is 18.2 Å². The zero-order valence-electron chi connectivity index (χ0n) is 15.3. The van der Waals surface area contributed by atoms with Crippen molar-refractivity contribution in [3.05, 3.63) is 32.7 Å². The molecule has 148 valence electrons. The van der Waals surface area contributed by atoms with Crippen LogP contribution in [0, 0.1) is 9.87 Å². The van der Waals surface area contributed by atoms with E-state index in [-0.39, 0.29) is 17.5 Å². The smallest absolute Gasteiger partial charge is 0.209 e. The van der Waals surface area contributed by atoms with E-state index in [1.165, 1.54) is 11.3 Å². The van der Waals surface area contributed by atoms with E-state index in [9.17, 15) is 8.42 Å². The summed E-state index contributed by atoms with van der Waals surface area (Å²) < 4.78 is 27.2. The lowest BCUT2D eigenvalue weighted by atomic mass is 10.1. The standard InChI is InChI=1S/C17H23BrN4O2S3/c1-12(2)9-21(15-6-7-27(23,24)10-15)11-22-17(25)26-16(20-22)19-14-5-3-4-13(18)8-14/h3-5,8,12,15H,6-7,9-11H2,1-2H3,(H,19,20)/t15-/m1/s1. The van der Waals surface area contributed by atoms with E-state index in [1.807, 2.05) is 24.3 Å². The van der Waals surface area contributed by atoms with Crippen molar-refractivity contribution < 1.29 is 8.42 Å². The number of halogens is 1. The quantitative estimate of drug-likeness (QED) is 0.584. The van der Waals surface area contributed by atoms with Gasteiger partial charge in [0, 0.05) is 22.7 Å². The molecule has 10 heteroatoms. The van der Waals surface area contributed by atoms with E-state index < -0.39 is 9.84 Å². The van der Waals surface area contributed by atoms with Crippen molar-refractivity contribution in [3.8, 4) is 0 Å². The molecule has 3 rings (SSSR count). The second-order valence-electron chi connectivity index (χ2n) is 7.17. The Balaban J connectivity index is 1.76. The molecule has 2 heterocycles. The van der Waals surface area contributed by atoms with Crippen molar-refractivity contribution in [3.63, 3.8) is 0 Å². The van der Waals surface area contributed by atoms with Crippen molar-refractivity contribution in [2.24, 2.45) is 5.92 Å². The minimum Gasteiger partial charge on any atom is -0.330 e. The number of hydrogen-bond donors (Lipinski definition) is 1. The minimum atomic E-state index is -2.93. The van der Waals surface area contributed by atoms with E-state index in [0.717, 1.165) is 21.8 Å². The highest BCUT2D eigenvalue weighted by Gasteiger charge is 2.32. The first-order chi connectivity index (χ1) is 12.7. The van der Waals surface area contributed by atoms with Gasteiger partial charge in [-0.3, -0.25) is 4.90 Å². The Morgan fingerprint density at radius 3 is 2.89 bits per heavy atom. The summed E-state index contributed by atoms with van der Waals surface area (Å²) in [7, 11) is -2.93. The molecule has 1 atom stereocenters. The molecule has 1 N–H and O–H groups in total. The fraction of sp³-hybridized carbons (Fsp3) is 0.529. The van der Waals surface area contributed by atoms with Gasteiger partial charge >= 0.3 is 0 Å². The average molecular weight is 492 g/mol. The maximum atomic E-state index is 11.9. The normalized spacial score (nSPS) is 19.1. The van der Waals surface area contributed by atoms with E-state index >= 15 is 0 Å². The summed E-state index contributed by atoms with van der Waals surface area (Å²) in [6, 6.07) is 7.89. The van der Waals surface area contributed by atoms with E-state index in [1.54, 1.807) is 4.68 Å². The van der Waals surface area contributed by atoms with Crippen LogP contribution in [0.2, 0.25) is 0 Å². The van der Waals surface area contributed by atoms with Crippen LogP contribution in [0.5, 0.6) is 0 Å². The van der Waals surface area contributed by atoms with Crippen LogP contribution < -0.4 is 5.32 Å². The number of benzene rings is 1. The summed E-state index contributed by atoms with van der Waals surface area (Å²) in [4.78, 5) is 2.20. The van der Waals surface area contributed by atoms with Crippen molar-refractivity contribution in [1.82, 2.24) is 14.7 Å². The van der Waals surface area contributed by atoms with Gasteiger partial charge in [0.15, 0.2) is 13.8 Å². The summed E-state index contributed by atoms with van der Waals surface area (Å²) in [5.74, 6) is 0.922. The van der Waals surface area contributed by atoms with Gasteiger partial charge in [0.1, 0.15) is 0 Å². The van der Waals surface area contributed by atoms with Gasteiger partial charge in [-0.25, -0.2) is 13.1 Å². The molecule has 2 aromatic rings. The lowest BCUT2D eigenvalue weighted by molar-refractivity contribution is 0.138. The van der Waals surface area contributed by atoms with Gasteiger partial charge in [-0.15, -0.1) is 5.10 Å². The predicted molar refractivity (Wildman–Crippen MR) is 117 cm³/mol. The zero-order chi connectivity index (χ0) is 19.6. The minimum absolute atomic E-state index is 0.0301. The Hall–Kier alpha value is -0.810. The summed E-state index contributed by atoms with van der Waals surface area (Å²) in [5.41, 5.74) is 0.932. The van der Waals surface area contributed by atoms with Crippen molar-refractivity contribution in [2.75, 3.05) is 23.4 Å². The van der Waals surface area contributed by atoms with Crippen LogP contribution in [0.4, 0.5) is 10.8 Å². The van der Waals surface area contributed by atoms with Gasteiger partial charge in [-0.05, 0) is 42.8 Å². The molecule has 0 radical (unpaired) electrons. The topological polar surface area (TPSA) is 67.2 Å². The molecule has 27 heavy (non-hydrogen) atoms. The SMILES string of the molecule is CC(C)CN(Cn1nc(Nc2cccc(Br)c2)sc1=S)[C@@H]1CCS(=O)(=O)C1. The molecule has 0 amide bonds. The molecular weight excluding hydrogens is 468 g/mol. The first kappa shape index (κ1) is 20.9. The molecule has 6 nitrogen and oxygen atoms in total. The molecule has 1 aliphatic heterocycles. The maximum Gasteiger partial charge on any atom is 0.209 e. The molecule has 1 fully saturated rings. The summed E-state index contributed by atoms with van der Waals surface area (Å²) in [6.45, 7) is 5.59. The lowest BCUT2D eigenvalue weighted by Crippen LogP contribution is -2.40. The van der Waals surface area contributed by atoms with Crippen LogP contribution >= 0.6 is 39.5 Å². The highest BCUT2D eigenvalue weighted by Crippen LogP contribution is 2.24. The second-order valence-corrected chi connectivity index (χ2v) is 11.9. The Kier molecular flexibility index (Phi) is 6.73. The summed E-state index contributed by atoms with van der Waals surface area (Å²) in [5, 5.41) is 8.60. The number of nitrogens with one attached hydrogen (secondary N) is 1. The summed E-state index contributed by atoms with van der Waals surface area (Å²) >= 11 is 10.4. The molecule has 0 spiro atoms. The molecule has 1 aliphatic rings. The molecular formula is C17H23BrN4O2S3. The Morgan fingerprint density at radius 1 is 1.48 bits per heavy atom. The number of rotatable bonds is 7. The van der Waals surface area contributed by atoms with Gasteiger partial charge in [-0.2, -0.15) is 0 Å². The average Bonchev–Trinajstić information content (AvgIpc) is 3.08. The number of nitrogens with zero attached hydrogens (tertiary/aromatic N) is 3. The highest BCUT2D eigenvalue weighted by molar-refractivity contribution is 9.10. The number of sulfone groups is 1. The van der Waals surface area contributed by atoms with Gasteiger partial charge < -0.3 is 5.32 Å². The van der Waals surface area contributed by atoms with E-state index in [4.69, 9.17) is 12.2 Å². The second kappa shape index (κ2) is 8.69. The van der Waals surface area contributed by atoms with E-state index in [0.29, 0.717) is 23.0 Å². The number of aromatic nitrogens is 2. The van der Waals surface area contributed by atoms with Gasteiger partial charge in [0.25, 0.3) is 0 Å². The van der Waals surface area contributed by atoms with Crippen LogP contribution in [0.3, 0.4) is 0 Å². The highest BCUT2D eigenvalue weighted by atomic mass is 79.9. The van der Waals surface area contributed by atoms with Crippen molar-refractivity contribution in [2.45, 2.75) is 33.0 Å². The molecule has 0 saturated carbocycles. The lowest BCUT2D eigenvalue weighted by Gasteiger charge is -2.29. The molecule has 0 bridgehead atoms. The van der Waals surface area contributed by atoms with Gasteiger partial charge in [-0.1, -0.05) is 47.2 Å². The Morgan fingerprint density at radius 2 is 2.26 bits per heavy atom. The number of anilines is 2. The van der Waals surface area contributed by atoms with Crippen molar-refractivity contribution in [1.29, 1.82) is 0 Å². The summed E-state index contributed by atoms with van der Waals surface area (Å²) in [6.07, 6.45) is 0.676. The third-order valence-corrected chi connectivity index (χ3v) is 7.79. The molecule has 0 aliphatic carbocycles. The van der Waals surface area contributed by atoms with Crippen LogP contribution in [0.25, 0.3) is 0 Å². The van der Waals surface area contributed by atoms with Gasteiger partial charge in [0.2, 0.25) is 5.13 Å². The fourth-order valence-electron chi connectivity index (χ4n) is 3.16. The van der Waals surface area contributed by atoms with Crippen LogP contribution in [-0.2, 0) is 16.5 Å². The Bertz CT molecular complexity index is 955. The third-order valence-electron chi connectivity index (χ3n) is 4.32. The third kappa shape index (κ3) is 5.83. The molecule has 1 aromatic heterocycles. The van der Waals surface area contributed by atoms with Crippen LogP contribution in [-0.4, -0.2) is 47.2 Å². The first-order valence-electron chi connectivity index (χ1n) is 8.77. The fourth-order valence-corrected chi connectivity index (χ4v) is 6.34. The monoisotopic (exact) mass is 490 g/mol. The maximum absolute atomic E-state index is 11.9. The molecule has 1 saturated heterocycles. The van der Waals surface area contributed by atoms with Crippen molar-refractivity contribution >= 4 is 60.1 Å². The van der Waals surface area contributed by atoms with E-state index in [2.05, 4.69) is 45.1 Å². The first-order valence-corrected chi connectivity index (χ1v) is 12.6. The molecule has 0 unspecified atom stereocenters. The van der Waals surface area contributed by atoms with Crippen LogP contribution in [0.15, 0.2) is 28.7 Å². The predicted octanol–water partition coefficient (Wildman–Crippen LogP) is 4.28. The van der Waals surface area contributed by atoms with Crippen LogP contribution in [0.1, 0.15) is 20.3 Å². The molecule has 1 aromatic carbocycles. The largest absolute Gasteiger partial charge is 0.330 e.